The Morgan fingerprint density at radius 2 is 1.75 bits per heavy atom. The molecule has 2 unspecified atom stereocenters. The zero-order chi connectivity index (χ0) is 28.2. The number of nitrogens with zero attached hydrogens (tertiary/aromatic N) is 2. The van der Waals surface area contributed by atoms with Crippen molar-refractivity contribution in [2.45, 2.75) is 26.0 Å². The molecule has 4 aromatic carbocycles. The summed E-state index contributed by atoms with van der Waals surface area (Å²) in [5.74, 6) is -0.0245. The van der Waals surface area contributed by atoms with Gasteiger partial charge in [-0.05, 0) is 78.2 Å². The first-order valence-corrected chi connectivity index (χ1v) is 13.7. The fraction of sp³-hybridized carbons (Fsp3) is 0.161. The van der Waals surface area contributed by atoms with Crippen LogP contribution >= 0.6 is 0 Å². The number of pyridine rings is 1. The molecule has 2 atom stereocenters. The average Bonchev–Trinajstić information content (AvgIpc) is 2.95. The molecule has 8 nitrogen and oxygen atoms in total. The van der Waals surface area contributed by atoms with Crippen LogP contribution in [0.25, 0.3) is 21.7 Å². The van der Waals surface area contributed by atoms with Gasteiger partial charge in [0, 0.05) is 28.4 Å². The minimum Gasteiger partial charge on any atom is -0.755 e. The van der Waals surface area contributed by atoms with E-state index in [4.69, 9.17) is 9.47 Å². The Bertz CT molecular complexity index is 1720. The summed E-state index contributed by atoms with van der Waals surface area (Å²) in [5, 5.41) is 12.1. The molecule has 5 rings (SSSR count). The van der Waals surface area contributed by atoms with Crippen LogP contribution in [-0.2, 0) is 24.3 Å². The summed E-state index contributed by atoms with van der Waals surface area (Å²) in [7, 11) is 1.46. The number of hydrogen-bond donors (Lipinski definition) is 1. The average molecular weight is 556 g/mol. The number of methoxy groups -OCH3 is 1. The number of para-hydroxylation sites is 1. The van der Waals surface area contributed by atoms with Gasteiger partial charge < -0.3 is 19.1 Å². The van der Waals surface area contributed by atoms with Crippen LogP contribution in [-0.4, -0.2) is 38.0 Å². The molecule has 5 aromatic rings. The molecular weight excluding hydrogens is 528 g/mol. The third kappa shape index (κ3) is 5.90. The van der Waals surface area contributed by atoms with E-state index in [1.807, 2.05) is 66.7 Å². The maximum Gasteiger partial charge on any atom is 0.335 e. The van der Waals surface area contributed by atoms with Gasteiger partial charge in [0.05, 0.1) is 23.9 Å². The van der Waals surface area contributed by atoms with Gasteiger partial charge in [0.15, 0.2) is 0 Å². The smallest absolute Gasteiger partial charge is 0.335 e. The van der Waals surface area contributed by atoms with Gasteiger partial charge in [-0.15, -0.1) is 0 Å². The highest BCUT2D eigenvalue weighted by atomic mass is 32.2. The summed E-state index contributed by atoms with van der Waals surface area (Å²) in [6, 6.07) is 27.1. The van der Waals surface area contributed by atoms with E-state index in [2.05, 4.69) is 4.98 Å². The second-order valence-corrected chi connectivity index (χ2v) is 10.2. The van der Waals surface area contributed by atoms with E-state index >= 15 is 0 Å². The van der Waals surface area contributed by atoms with Crippen molar-refractivity contribution in [3.05, 3.63) is 108 Å². The van der Waals surface area contributed by atoms with Crippen molar-refractivity contribution in [2.24, 2.45) is 0 Å². The van der Waals surface area contributed by atoms with Crippen molar-refractivity contribution < 1.29 is 28.1 Å². The Balaban J connectivity index is 1.36. The number of anilines is 1. The highest BCUT2D eigenvalue weighted by molar-refractivity contribution is 7.80. The predicted molar refractivity (Wildman–Crippen MR) is 155 cm³/mol. The SMILES string of the molecule is COc1cc(C(=O)O)ccc1CC(C)N(c1ccc2ccc(OCc3ccc4ccccc4n3)cc2c1)S(=O)[O-]. The lowest BCUT2D eigenvalue weighted by atomic mass is 10.0. The van der Waals surface area contributed by atoms with Gasteiger partial charge in [0.2, 0.25) is 0 Å². The molecule has 1 N–H and O–H groups in total. The number of carboxylic acids is 1. The van der Waals surface area contributed by atoms with Gasteiger partial charge in [-0.2, -0.15) is 0 Å². The van der Waals surface area contributed by atoms with Crippen molar-refractivity contribution in [3.8, 4) is 11.5 Å². The van der Waals surface area contributed by atoms with Crippen molar-refractivity contribution in [3.63, 3.8) is 0 Å². The summed E-state index contributed by atoms with van der Waals surface area (Å²) >= 11 is -2.56. The fourth-order valence-electron chi connectivity index (χ4n) is 4.72. The molecule has 0 aliphatic heterocycles. The first kappa shape index (κ1) is 27.1. The van der Waals surface area contributed by atoms with E-state index in [0.717, 1.165) is 27.4 Å². The monoisotopic (exact) mass is 555 g/mol. The number of fused-ring (bicyclic) bond motifs is 2. The summed E-state index contributed by atoms with van der Waals surface area (Å²) in [4.78, 5) is 16.0. The van der Waals surface area contributed by atoms with Crippen molar-refractivity contribution in [2.75, 3.05) is 11.4 Å². The van der Waals surface area contributed by atoms with Crippen LogP contribution in [0.15, 0.2) is 91.0 Å². The highest BCUT2D eigenvalue weighted by Gasteiger charge is 2.19. The standard InChI is InChI=1S/C31H28N2O6S/c1-20(15-23-7-8-24(31(34)35)18-30(23)38-2)33(40(36)37)27-13-10-21-11-14-28(17-25(21)16-27)39-19-26-12-9-22-5-3-4-6-29(22)32-26/h3-14,16-18,20H,15,19H2,1-2H3,(H,34,35)(H,36,37)/p-1. The molecule has 0 amide bonds. The normalized spacial score (nSPS) is 12.7. The Hall–Kier alpha value is -4.47. The van der Waals surface area contributed by atoms with E-state index in [-0.39, 0.29) is 5.56 Å². The molecule has 0 saturated heterocycles. The molecule has 0 aliphatic rings. The summed E-state index contributed by atoms with van der Waals surface area (Å²) in [5.41, 5.74) is 3.02. The number of hydrogen-bond acceptors (Lipinski definition) is 6. The third-order valence-corrected chi connectivity index (χ3v) is 7.59. The Labute approximate surface area is 234 Å². The van der Waals surface area contributed by atoms with E-state index in [1.54, 1.807) is 19.1 Å². The van der Waals surface area contributed by atoms with E-state index < -0.39 is 23.3 Å². The van der Waals surface area contributed by atoms with Crippen LogP contribution in [0.3, 0.4) is 0 Å². The van der Waals surface area contributed by atoms with Crippen LogP contribution in [0.4, 0.5) is 5.69 Å². The van der Waals surface area contributed by atoms with Gasteiger partial charge >= 0.3 is 5.97 Å². The molecule has 204 valence electrons. The van der Waals surface area contributed by atoms with Gasteiger partial charge in [0.1, 0.15) is 18.1 Å². The van der Waals surface area contributed by atoms with Crippen LogP contribution in [0.1, 0.15) is 28.5 Å². The topological polar surface area (TPSA) is 112 Å². The molecule has 0 spiro atoms. The van der Waals surface area contributed by atoms with Crippen LogP contribution in [0, 0.1) is 0 Å². The fourth-order valence-corrected chi connectivity index (χ4v) is 5.37. The molecule has 0 bridgehead atoms. The van der Waals surface area contributed by atoms with E-state index in [0.29, 0.717) is 35.8 Å². The van der Waals surface area contributed by atoms with Gasteiger partial charge in [0.25, 0.3) is 0 Å². The maximum absolute atomic E-state index is 12.4. The lowest BCUT2D eigenvalue weighted by Gasteiger charge is -2.33. The molecular formula is C31H27N2O6S-. The van der Waals surface area contributed by atoms with Crippen LogP contribution in [0.5, 0.6) is 11.5 Å². The van der Waals surface area contributed by atoms with E-state index in [1.165, 1.54) is 23.5 Å². The van der Waals surface area contributed by atoms with Gasteiger partial charge in [-0.1, -0.05) is 42.5 Å². The Morgan fingerprint density at radius 1 is 0.975 bits per heavy atom. The van der Waals surface area contributed by atoms with Crippen LogP contribution < -0.4 is 13.8 Å². The van der Waals surface area contributed by atoms with Crippen LogP contribution in [0.2, 0.25) is 0 Å². The molecule has 9 heteroatoms. The number of aromatic nitrogens is 1. The molecule has 0 radical (unpaired) electrons. The lowest BCUT2D eigenvalue weighted by Crippen LogP contribution is -2.36. The lowest BCUT2D eigenvalue weighted by molar-refractivity contribution is 0.0696. The Morgan fingerprint density at radius 3 is 2.52 bits per heavy atom. The maximum atomic E-state index is 12.4. The molecule has 0 saturated carbocycles. The number of carboxylic acid groups (broad SMARTS) is 1. The minimum atomic E-state index is -2.56. The summed E-state index contributed by atoms with van der Waals surface area (Å²) in [6.45, 7) is 2.09. The second-order valence-electron chi connectivity index (χ2n) is 9.41. The number of benzene rings is 4. The van der Waals surface area contributed by atoms with Crippen molar-refractivity contribution in [1.82, 2.24) is 4.98 Å². The first-order valence-electron chi connectivity index (χ1n) is 12.6. The highest BCUT2D eigenvalue weighted by Crippen LogP contribution is 2.30. The molecule has 40 heavy (non-hydrogen) atoms. The number of carbonyl (C=O) groups is 1. The summed E-state index contributed by atoms with van der Waals surface area (Å²) in [6.07, 6.45) is 0.316. The predicted octanol–water partition coefficient (Wildman–Crippen LogP) is 5.91. The van der Waals surface area contributed by atoms with Crippen molar-refractivity contribution >= 4 is 44.6 Å². The molecule has 1 aromatic heterocycles. The van der Waals surface area contributed by atoms with Crippen molar-refractivity contribution in [1.29, 1.82) is 0 Å². The third-order valence-electron chi connectivity index (χ3n) is 6.70. The summed E-state index contributed by atoms with van der Waals surface area (Å²) < 4.78 is 37.4. The largest absolute Gasteiger partial charge is 0.755 e. The number of rotatable bonds is 10. The first-order chi connectivity index (χ1) is 19.3. The quantitative estimate of drug-likeness (QED) is 0.213. The Kier molecular flexibility index (Phi) is 7.95. The number of ether oxygens (including phenoxy) is 2. The molecule has 1 heterocycles. The molecule has 0 fully saturated rings. The number of aromatic carboxylic acids is 1. The van der Waals surface area contributed by atoms with E-state index in [9.17, 15) is 18.7 Å². The minimum absolute atomic E-state index is 0.0986. The second kappa shape index (κ2) is 11.7. The van der Waals surface area contributed by atoms with Gasteiger partial charge in [-0.3, -0.25) is 8.51 Å². The molecule has 0 aliphatic carbocycles. The van der Waals surface area contributed by atoms with Gasteiger partial charge in [-0.25, -0.2) is 9.78 Å². The zero-order valence-electron chi connectivity index (χ0n) is 21.9. The zero-order valence-corrected chi connectivity index (χ0v) is 22.8.